The monoisotopic (exact) mass is 255 g/mol. The van der Waals surface area contributed by atoms with Crippen LogP contribution in [0.2, 0.25) is 0 Å². The third-order valence-electron chi connectivity index (χ3n) is 4.27. The number of hydrogen-bond donors (Lipinski definition) is 1. The second-order valence-corrected chi connectivity index (χ2v) is 5.36. The Morgan fingerprint density at radius 2 is 2.21 bits per heavy atom. The summed E-state index contributed by atoms with van der Waals surface area (Å²) >= 11 is 0. The molecular weight excluding hydrogens is 234 g/mol. The predicted octanol–water partition coefficient (Wildman–Crippen LogP) is 2.80. The largest absolute Gasteiger partial charge is 0.337 e. The molecule has 3 rings (SSSR count). The highest BCUT2D eigenvalue weighted by atomic mass is 15.1. The summed E-state index contributed by atoms with van der Waals surface area (Å²) in [5.41, 5.74) is 3.00. The maximum absolute atomic E-state index is 4.54. The van der Waals surface area contributed by atoms with E-state index < -0.39 is 0 Å². The molecule has 0 bridgehead atoms. The number of imidazole rings is 1. The van der Waals surface area contributed by atoms with Crippen LogP contribution in [0.15, 0.2) is 36.7 Å². The lowest BCUT2D eigenvalue weighted by atomic mass is 9.78. The zero-order chi connectivity index (χ0) is 13.2. The molecule has 0 radical (unpaired) electrons. The molecule has 2 atom stereocenters. The van der Waals surface area contributed by atoms with Crippen molar-refractivity contribution in [1.29, 1.82) is 0 Å². The van der Waals surface area contributed by atoms with Crippen LogP contribution in [0.4, 0.5) is 0 Å². The molecule has 3 heteroatoms. The third-order valence-corrected chi connectivity index (χ3v) is 4.27. The first-order valence-electron chi connectivity index (χ1n) is 7.03. The Morgan fingerprint density at radius 1 is 1.37 bits per heavy atom. The van der Waals surface area contributed by atoms with Crippen molar-refractivity contribution in [2.24, 2.45) is 7.05 Å². The zero-order valence-electron chi connectivity index (χ0n) is 11.6. The summed E-state index contributed by atoms with van der Waals surface area (Å²) in [6, 6.07) is 9.15. The molecule has 0 saturated carbocycles. The number of benzene rings is 1. The Labute approximate surface area is 114 Å². The number of aromatic nitrogens is 2. The van der Waals surface area contributed by atoms with Gasteiger partial charge in [-0.1, -0.05) is 24.3 Å². The lowest BCUT2D eigenvalue weighted by Gasteiger charge is -2.32. The molecule has 19 heavy (non-hydrogen) atoms. The summed E-state index contributed by atoms with van der Waals surface area (Å²) in [5.74, 6) is 1.65. The summed E-state index contributed by atoms with van der Waals surface area (Å²) in [6.07, 6.45) is 7.62. The van der Waals surface area contributed by atoms with Gasteiger partial charge in [0, 0.05) is 25.4 Å². The van der Waals surface area contributed by atoms with Crippen LogP contribution in [0.25, 0.3) is 0 Å². The summed E-state index contributed by atoms with van der Waals surface area (Å²) in [5, 5.41) is 3.47. The van der Waals surface area contributed by atoms with E-state index >= 15 is 0 Å². The van der Waals surface area contributed by atoms with E-state index in [2.05, 4.69) is 46.2 Å². The molecular formula is C16H21N3. The minimum Gasteiger partial charge on any atom is -0.337 e. The standard InChI is InChI=1S/C16H21N3/c1-17-15(16-18-10-11-19(16)2)14-9-5-7-12-6-3-4-8-13(12)14/h3-4,6,8,10-11,14-15,17H,5,7,9H2,1-2H3. The van der Waals surface area contributed by atoms with Crippen molar-refractivity contribution in [1.82, 2.24) is 14.9 Å². The van der Waals surface area contributed by atoms with Crippen molar-refractivity contribution in [3.63, 3.8) is 0 Å². The summed E-state index contributed by atoms with van der Waals surface area (Å²) in [4.78, 5) is 4.54. The Balaban J connectivity index is 2.00. The second-order valence-electron chi connectivity index (χ2n) is 5.36. The number of rotatable bonds is 3. The van der Waals surface area contributed by atoms with Gasteiger partial charge in [-0.15, -0.1) is 0 Å². The van der Waals surface area contributed by atoms with Crippen LogP contribution in [-0.4, -0.2) is 16.6 Å². The fourth-order valence-electron chi connectivity index (χ4n) is 3.32. The van der Waals surface area contributed by atoms with Crippen LogP contribution in [-0.2, 0) is 13.5 Å². The van der Waals surface area contributed by atoms with Gasteiger partial charge in [-0.25, -0.2) is 4.98 Å². The van der Waals surface area contributed by atoms with Gasteiger partial charge in [-0.3, -0.25) is 0 Å². The van der Waals surface area contributed by atoms with Crippen LogP contribution < -0.4 is 5.32 Å². The quantitative estimate of drug-likeness (QED) is 0.914. The molecule has 2 aromatic rings. The highest BCUT2D eigenvalue weighted by Crippen LogP contribution is 2.39. The number of nitrogens with one attached hydrogen (secondary N) is 1. The minimum absolute atomic E-state index is 0.293. The summed E-state index contributed by atoms with van der Waals surface area (Å²) < 4.78 is 2.12. The Bertz CT molecular complexity index is 559. The molecule has 3 nitrogen and oxygen atoms in total. The fourth-order valence-corrected chi connectivity index (χ4v) is 3.32. The zero-order valence-corrected chi connectivity index (χ0v) is 11.6. The lowest BCUT2D eigenvalue weighted by Crippen LogP contribution is -2.28. The van der Waals surface area contributed by atoms with E-state index in [9.17, 15) is 0 Å². The molecule has 0 saturated heterocycles. The van der Waals surface area contributed by atoms with E-state index in [1.54, 1.807) is 0 Å². The molecule has 2 unspecified atom stereocenters. The molecule has 1 aromatic carbocycles. The molecule has 1 aliphatic rings. The number of aryl methyl sites for hydroxylation is 2. The Hall–Kier alpha value is -1.61. The van der Waals surface area contributed by atoms with Gasteiger partial charge in [0.25, 0.3) is 0 Å². The van der Waals surface area contributed by atoms with Crippen LogP contribution in [0, 0.1) is 0 Å². The number of hydrogen-bond acceptors (Lipinski definition) is 2. The van der Waals surface area contributed by atoms with E-state index in [0.717, 1.165) is 5.82 Å². The molecule has 0 spiro atoms. The van der Waals surface area contributed by atoms with E-state index in [1.807, 2.05) is 19.4 Å². The normalized spacial score (nSPS) is 20.0. The van der Waals surface area contributed by atoms with E-state index in [4.69, 9.17) is 0 Å². The Kier molecular flexibility index (Phi) is 3.38. The minimum atomic E-state index is 0.293. The molecule has 0 amide bonds. The first-order chi connectivity index (χ1) is 9.31. The van der Waals surface area contributed by atoms with Gasteiger partial charge < -0.3 is 9.88 Å². The van der Waals surface area contributed by atoms with Crippen molar-refractivity contribution in [2.45, 2.75) is 31.2 Å². The highest BCUT2D eigenvalue weighted by Gasteiger charge is 2.29. The summed E-state index contributed by atoms with van der Waals surface area (Å²) in [7, 11) is 4.11. The molecule has 0 aliphatic heterocycles. The van der Waals surface area contributed by atoms with E-state index in [-0.39, 0.29) is 0 Å². The van der Waals surface area contributed by atoms with Crippen LogP contribution >= 0.6 is 0 Å². The van der Waals surface area contributed by atoms with Gasteiger partial charge >= 0.3 is 0 Å². The lowest BCUT2D eigenvalue weighted by molar-refractivity contribution is 0.402. The van der Waals surface area contributed by atoms with E-state index in [0.29, 0.717) is 12.0 Å². The van der Waals surface area contributed by atoms with Gasteiger partial charge in [0.05, 0.1) is 6.04 Å². The van der Waals surface area contributed by atoms with Crippen molar-refractivity contribution in [3.8, 4) is 0 Å². The molecule has 1 N–H and O–H groups in total. The van der Waals surface area contributed by atoms with Gasteiger partial charge in [0.2, 0.25) is 0 Å². The highest BCUT2D eigenvalue weighted by molar-refractivity contribution is 5.34. The van der Waals surface area contributed by atoms with Crippen molar-refractivity contribution < 1.29 is 0 Å². The topological polar surface area (TPSA) is 29.9 Å². The number of likely N-dealkylation sites (N-methyl/N-ethyl adjacent to an activating group) is 1. The first kappa shape index (κ1) is 12.4. The average molecular weight is 255 g/mol. The first-order valence-corrected chi connectivity index (χ1v) is 7.03. The van der Waals surface area contributed by atoms with Crippen molar-refractivity contribution >= 4 is 0 Å². The predicted molar refractivity (Wildman–Crippen MR) is 77.1 cm³/mol. The van der Waals surface area contributed by atoms with Crippen LogP contribution in [0.5, 0.6) is 0 Å². The van der Waals surface area contributed by atoms with Crippen molar-refractivity contribution in [2.75, 3.05) is 7.05 Å². The second kappa shape index (κ2) is 5.17. The molecule has 1 aromatic heterocycles. The average Bonchev–Trinajstić information content (AvgIpc) is 2.86. The van der Waals surface area contributed by atoms with Crippen molar-refractivity contribution in [3.05, 3.63) is 53.6 Å². The van der Waals surface area contributed by atoms with E-state index in [1.165, 1.54) is 30.4 Å². The maximum atomic E-state index is 4.54. The third kappa shape index (κ3) is 2.19. The fraction of sp³-hybridized carbons (Fsp3) is 0.438. The SMILES string of the molecule is CNC(c1nccn1C)C1CCCc2ccccc21. The molecule has 0 fully saturated rings. The van der Waals surface area contributed by atoms with Gasteiger partial charge in [-0.05, 0) is 37.4 Å². The molecule has 1 heterocycles. The van der Waals surface area contributed by atoms with Gasteiger partial charge in [-0.2, -0.15) is 0 Å². The smallest absolute Gasteiger partial charge is 0.126 e. The van der Waals surface area contributed by atoms with Gasteiger partial charge in [0.15, 0.2) is 0 Å². The molecule has 1 aliphatic carbocycles. The number of nitrogens with zero attached hydrogens (tertiary/aromatic N) is 2. The van der Waals surface area contributed by atoms with Crippen LogP contribution in [0.1, 0.15) is 41.8 Å². The molecule has 100 valence electrons. The van der Waals surface area contributed by atoms with Gasteiger partial charge in [0.1, 0.15) is 5.82 Å². The number of fused-ring (bicyclic) bond motifs is 1. The summed E-state index contributed by atoms with van der Waals surface area (Å²) in [6.45, 7) is 0. The van der Waals surface area contributed by atoms with Crippen LogP contribution in [0.3, 0.4) is 0 Å². The Morgan fingerprint density at radius 3 is 2.95 bits per heavy atom. The maximum Gasteiger partial charge on any atom is 0.126 e.